The van der Waals surface area contributed by atoms with E-state index in [-0.39, 0.29) is 30.1 Å². The number of non-ortho nitro benzene ring substituents is 1. The minimum absolute atomic E-state index is 0.0975. The van der Waals surface area contributed by atoms with Gasteiger partial charge >= 0.3 is 5.97 Å². The van der Waals surface area contributed by atoms with Gasteiger partial charge in [-0.25, -0.2) is 4.79 Å². The number of hydrogen-bond donors (Lipinski definition) is 2. The second-order valence-electron chi connectivity index (χ2n) is 4.74. The van der Waals surface area contributed by atoms with E-state index in [4.69, 9.17) is 21.4 Å². The minimum Gasteiger partial charge on any atom is -0.454 e. The Hall–Kier alpha value is -2.49. The molecule has 0 unspecified atom stereocenters. The highest BCUT2D eigenvalue weighted by Crippen LogP contribution is 2.24. The number of carbonyl (C=O) groups is 2. The van der Waals surface area contributed by atoms with Crippen LogP contribution in [0.3, 0.4) is 0 Å². The summed E-state index contributed by atoms with van der Waals surface area (Å²) in [6.45, 7) is -0.564. The zero-order valence-corrected chi connectivity index (χ0v) is 14.3. The van der Waals surface area contributed by atoms with Crippen molar-refractivity contribution in [1.29, 1.82) is 0 Å². The van der Waals surface area contributed by atoms with Gasteiger partial charge in [-0.15, -0.1) is 11.3 Å². The number of ether oxygens (including phenoxy) is 1. The number of halogens is 1. The van der Waals surface area contributed by atoms with Crippen LogP contribution >= 0.6 is 22.9 Å². The van der Waals surface area contributed by atoms with Gasteiger partial charge in [0.2, 0.25) is 5.78 Å². The molecule has 0 spiro atoms. The molecule has 0 bridgehead atoms. The van der Waals surface area contributed by atoms with E-state index in [0.717, 1.165) is 17.4 Å². The number of nitrogens with zero attached hydrogens (tertiary/aromatic N) is 1. The Morgan fingerprint density at radius 1 is 1.32 bits per heavy atom. The molecule has 132 valence electrons. The van der Waals surface area contributed by atoms with Crippen LogP contribution in [0.25, 0.3) is 0 Å². The van der Waals surface area contributed by atoms with Crippen molar-refractivity contribution in [3.8, 4) is 0 Å². The van der Waals surface area contributed by atoms with Crippen molar-refractivity contribution < 1.29 is 24.4 Å². The van der Waals surface area contributed by atoms with Gasteiger partial charge in [0.1, 0.15) is 0 Å². The Morgan fingerprint density at radius 2 is 2.08 bits per heavy atom. The van der Waals surface area contributed by atoms with Gasteiger partial charge in [0, 0.05) is 24.4 Å². The quantitative estimate of drug-likeness (QED) is 0.311. The lowest BCUT2D eigenvalue weighted by Crippen LogP contribution is -2.16. The van der Waals surface area contributed by atoms with Crippen molar-refractivity contribution in [2.45, 2.75) is 0 Å². The maximum absolute atomic E-state index is 12.2. The molecule has 0 aliphatic carbocycles. The highest BCUT2D eigenvalue weighted by atomic mass is 35.5. The van der Waals surface area contributed by atoms with Crippen molar-refractivity contribution in [1.82, 2.24) is 0 Å². The monoisotopic (exact) mass is 384 g/mol. The second kappa shape index (κ2) is 8.56. The van der Waals surface area contributed by atoms with Crippen LogP contribution in [-0.4, -0.2) is 41.5 Å². The van der Waals surface area contributed by atoms with Gasteiger partial charge in [0.25, 0.3) is 5.69 Å². The van der Waals surface area contributed by atoms with Gasteiger partial charge in [-0.05, 0) is 18.2 Å². The van der Waals surface area contributed by atoms with E-state index < -0.39 is 23.3 Å². The molecule has 25 heavy (non-hydrogen) atoms. The molecule has 2 aromatic rings. The largest absolute Gasteiger partial charge is 0.454 e. The van der Waals surface area contributed by atoms with Gasteiger partial charge in [-0.2, -0.15) is 0 Å². The zero-order valence-electron chi connectivity index (χ0n) is 12.7. The molecular formula is C15H13ClN2O6S. The summed E-state index contributed by atoms with van der Waals surface area (Å²) in [5.41, 5.74) is -0.131. The number of hydrogen-bond acceptors (Lipinski definition) is 8. The molecule has 8 nitrogen and oxygen atoms in total. The Bertz CT molecular complexity index is 807. The third-order valence-corrected chi connectivity index (χ3v) is 4.32. The van der Waals surface area contributed by atoms with E-state index >= 15 is 0 Å². The SMILES string of the molecule is O=C(COC(=O)c1cc([N+](=O)[O-])ccc1NCCO)c1ccc(Cl)s1. The predicted molar refractivity (Wildman–Crippen MR) is 92.6 cm³/mol. The van der Waals surface area contributed by atoms with E-state index in [1.165, 1.54) is 18.2 Å². The van der Waals surface area contributed by atoms with Crippen LogP contribution in [0, 0.1) is 10.1 Å². The van der Waals surface area contributed by atoms with Gasteiger partial charge in [-0.3, -0.25) is 14.9 Å². The summed E-state index contributed by atoms with van der Waals surface area (Å²) in [7, 11) is 0. The number of carbonyl (C=O) groups excluding carboxylic acids is 2. The van der Waals surface area contributed by atoms with E-state index in [1.54, 1.807) is 6.07 Å². The number of nitro benzene ring substituents is 1. The molecule has 0 radical (unpaired) electrons. The third-order valence-electron chi connectivity index (χ3n) is 3.04. The smallest absolute Gasteiger partial charge is 0.340 e. The van der Waals surface area contributed by atoms with Crippen LogP contribution in [0.2, 0.25) is 4.34 Å². The van der Waals surface area contributed by atoms with Crippen LogP contribution in [0.1, 0.15) is 20.0 Å². The number of aliphatic hydroxyl groups excluding tert-OH is 1. The summed E-state index contributed by atoms with van der Waals surface area (Å²) in [5, 5.41) is 22.5. The van der Waals surface area contributed by atoms with Crippen LogP contribution in [-0.2, 0) is 4.74 Å². The highest BCUT2D eigenvalue weighted by Gasteiger charge is 2.19. The van der Waals surface area contributed by atoms with E-state index in [0.29, 0.717) is 9.21 Å². The van der Waals surface area contributed by atoms with Crippen molar-refractivity contribution in [2.75, 3.05) is 25.1 Å². The van der Waals surface area contributed by atoms with E-state index in [2.05, 4.69) is 5.32 Å². The molecule has 1 aromatic carbocycles. The molecule has 2 N–H and O–H groups in total. The average Bonchev–Trinajstić information content (AvgIpc) is 3.03. The lowest BCUT2D eigenvalue weighted by Gasteiger charge is -2.10. The maximum atomic E-state index is 12.2. The molecule has 2 rings (SSSR count). The van der Waals surface area contributed by atoms with Crippen molar-refractivity contribution in [2.24, 2.45) is 0 Å². The molecule has 0 saturated heterocycles. The van der Waals surface area contributed by atoms with Gasteiger partial charge in [0.15, 0.2) is 6.61 Å². The van der Waals surface area contributed by atoms with E-state index in [9.17, 15) is 19.7 Å². The van der Waals surface area contributed by atoms with Crippen molar-refractivity contribution >= 4 is 46.1 Å². The number of rotatable bonds is 8. The second-order valence-corrected chi connectivity index (χ2v) is 6.46. The summed E-state index contributed by atoms with van der Waals surface area (Å²) < 4.78 is 5.39. The zero-order chi connectivity index (χ0) is 18.4. The first-order chi connectivity index (χ1) is 11.9. The minimum atomic E-state index is -0.889. The van der Waals surface area contributed by atoms with Gasteiger partial charge in [0.05, 0.1) is 26.3 Å². The number of esters is 1. The van der Waals surface area contributed by atoms with Crippen molar-refractivity contribution in [3.63, 3.8) is 0 Å². The van der Waals surface area contributed by atoms with Gasteiger partial charge < -0.3 is 15.2 Å². The summed E-state index contributed by atoms with van der Waals surface area (Å²) in [4.78, 5) is 34.7. The standard InChI is InChI=1S/C15H13ClN2O6S/c16-14-4-3-13(25-14)12(20)8-24-15(21)10-7-9(18(22)23)1-2-11(10)17-5-6-19/h1-4,7,17,19H,5-6,8H2. The Kier molecular flexibility index (Phi) is 6.45. The topological polar surface area (TPSA) is 119 Å². The number of aliphatic hydroxyl groups is 1. The van der Waals surface area contributed by atoms with Crippen LogP contribution in [0.5, 0.6) is 0 Å². The molecule has 0 fully saturated rings. The fourth-order valence-electron chi connectivity index (χ4n) is 1.90. The molecule has 10 heteroatoms. The number of nitrogens with one attached hydrogen (secondary N) is 1. The Labute approximate surface area is 151 Å². The molecule has 0 saturated carbocycles. The Morgan fingerprint density at radius 3 is 2.68 bits per heavy atom. The first-order valence-electron chi connectivity index (χ1n) is 7.01. The lowest BCUT2D eigenvalue weighted by molar-refractivity contribution is -0.384. The molecule has 0 amide bonds. The first kappa shape index (κ1) is 18.8. The summed E-state index contributed by atoms with van der Waals surface area (Å²) >= 11 is 6.80. The molecular weight excluding hydrogens is 372 g/mol. The Balaban J connectivity index is 2.14. The molecule has 1 heterocycles. The normalized spacial score (nSPS) is 10.3. The average molecular weight is 385 g/mol. The maximum Gasteiger partial charge on any atom is 0.340 e. The summed E-state index contributed by atoms with van der Waals surface area (Å²) in [5.74, 6) is -1.32. The fourth-order valence-corrected chi connectivity index (χ4v) is 2.87. The van der Waals surface area contributed by atoms with Crippen molar-refractivity contribution in [3.05, 3.63) is 55.2 Å². The van der Waals surface area contributed by atoms with Crippen LogP contribution in [0.15, 0.2) is 30.3 Å². The summed E-state index contributed by atoms with van der Waals surface area (Å²) in [6, 6.07) is 6.68. The van der Waals surface area contributed by atoms with E-state index in [1.807, 2.05) is 0 Å². The predicted octanol–water partition coefficient (Wildman–Crippen LogP) is 2.75. The first-order valence-corrected chi connectivity index (χ1v) is 8.20. The highest BCUT2D eigenvalue weighted by molar-refractivity contribution is 7.18. The molecule has 0 aliphatic rings. The van der Waals surface area contributed by atoms with Gasteiger partial charge in [-0.1, -0.05) is 11.6 Å². The number of anilines is 1. The molecule has 0 aliphatic heterocycles. The van der Waals surface area contributed by atoms with Crippen LogP contribution < -0.4 is 5.32 Å². The number of Topliss-reactive ketones (excluding diaryl/α,β-unsaturated/α-hetero) is 1. The number of nitro groups is 1. The lowest BCUT2D eigenvalue weighted by atomic mass is 10.1. The molecule has 1 aromatic heterocycles. The number of ketones is 1. The van der Waals surface area contributed by atoms with Crippen LogP contribution in [0.4, 0.5) is 11.4 Å². The third kappa shape index (κ3) is 4.99. The fraction of sp³-hybridized carbons (Fsp3) is 0.200. The molecule has 0 atom stereocenters. The number of benzene rings is 1. The summed E-state index contributed by atoms with van der Waals surface area (Å²) in [6.07, 6.45) is 0. The number of thiophene rings is 1.